The van der Waals surface area contributed by atoms with Crippen molar-refractivity contribution in [2.75, 3.05) is 28.7 Å². The molecule has 0 bridgehead atoms. The van der Waals surface area contributed by atoms with Crippen LogP contribution in [0.1, 0.15) is 11.1 Å². The first-order chi connectivity index (χ1) is 18.5. The Bertz CT molecular complexity index is 1360. The Morgan fingerprint density at radius 1 is 1.16 bits per heavy atom. The maximum absolute atomic E-state index is 13.8. The average Bonchev–Trinajstić information content (AvgIpc) is 2.94. The fourth-order valence-corrected chi connectivity index (χ4v) is 3.83. The first-order valence-corrected chi connectivity index (χ1v) is 11.9. The smallest absolute Gasteiger partial charge is 0.330 e. The van der Waals surface area contributed by atoms with Crippen LogP contribution in [0.4, 0.5) is 27.9 Å². The van der Waals surface area contributed by atoms with Crippen LogP contribution in [0, 0.1) is 5.41 Å². The molecule has 0 saturated carbocycles. The van der Waals surface area contributed by atoms with E-state index < -0.39 is 0 Å². The number of nitrogens with zero attached hydrogens (tertiary/aromatic N) is 4. The molecule has 0 aliphatic carbocycles. The van der Waals surface area contributed by atoms with E-state index in [0.717, 1.165) is 17.3 Å². The molecule has 194 valence electrons. The Morgan fingerprint density at radius 2 is 1.97 bits per heavy atom. The number of allylic oxidation sites excluding steroid dienone is 1. The van der Waals surface area contributed by atoms with Crippen LogP contribution in [0.5, 0.6) is 0 Å². The van der Waals surface area contributed by atoms with Crippen LogP contribution in [-0.2, 0) is 17.9 Å². The number of carbonyl (C=O) groups is 2. The number of anilines is 4. The molecule has 1 aromatic heterocycles. The number of nitrogens with one attached hydrogen (secondary N) is 4. The van der Waals surface area contributed by atoms with Gasteiger partial charge in [0.2, 0.25) is 11.9 Å². The molecule has 0 saturated heterocycles. The molecule has 11 heteroatoms. The first kappa shape index (κ1) is 26.0. The molecule has 3 aromatic rings. The maximum atomic E-state index is 13.8. The van der Waals surface area contributed by atoms with Gasteiger partial charge in [0.15, 0.2) is 5.82 Å². The van der Waals surface area contributed by atoms with Crippen LogP contribution >= 0.6 is 0 Å². The molecule has 1 aliphatic rings. The van der Waals surface area contributed by atoms with Gasteiger partial charge in [0, 0.05) is 43.0 Å². The van der Waals surface area contributed by atoms with Gasteiger partial charge in [-0.25, -0.2) is 14.7 Å². The van der Waals surface area contributed by atoms with Crippen molar-refractivity contribution in [3.8, 4) is 0 Å². The van der Waals surface area contributed by atoms with Crippen molar-refractivity contribution in [3.63, 3.8) is 0 Å². The molecule has 0 radical (unpaired) electrons. The summed E-state index contributed by atoms with van der Waals surface area (Å²) in [7, 11) is 0. The molecule has 2 aromatic carbocycles. The lowest BCUT2D eigenvalue weighted by Crippen LogP contribution is -2.45. The molecule has 11 nitrogen and oxygen atoms in total. The summed E-state index contributed by atoms with van der Waals surface area (Å²) < 4.78 is 0. The van der Waals surface area contributed by atoms with Gasteiger partial charge in [-0.05, 0) is 29.8 Å². The quantitative estimate of drug-likeness (QED) is 0.150. The van der Waals surface area contributed by atoms with E-state index in [1.54, 1.807) is 35.4 Å². The SMILES string of the molecule is C=CC(=O)Nc1cccc(N2C(=O)N(Cc3ccccc3)Cc3cnc(N/C(C=N)=C/NCCO)nc32)c1. The topological polar surface area (TPSA) is 147 Å². The predicted octanol–water partition coefficient (Wildman–Crippen LogP) is 3.36. The van der Waals surface area contributed by atoms with Crippen molar-refractivity contribution in [1.82, 2.24) is 20.2 Å². The van der Waals surface area contributed by atoms with E-state index in [4.69, 9.17) is 10.5 Å². The minimum atomic E-state index is -0.368. The van der Waals surface area contributed by atoms with Gasteiger partial charge in [0.05, 0.1) is 24.5 Å². The molecule has 0 atom stereocenters. The number of amides is 3. The Balaban J connectivity index is 1.72. The van der Waals surface area contributed by atoms with Crippen LogP contribution in [0.15, 0.2) is 85.3 Å². The zero-order valence-corrected chi connectivity index (χ0v) is 20.6. The van der Waals surface area contributed by atoms with Crippen LogP contribution in [0.2, 0.25) is 0 Å². The van der Waals surface area contributed by atoms with Crippen LogP contribution < -0.4 is 20.9 Å². The lowest BCUT2D eigenvalue weighted by molar-refractivity contribution is -0.111. The fraction of sp³-hybridized carbons (Fsp3) is 0.148. The average molecular weight is 513 g/mol. The summed E-state index contributed by atoms with van der Waals surface area (Å²) in [6.07, 6.45) is 5.44. The molecule has 0 spiro atoms. The van der Waals surface area contributed by atoms with Gasteiger partial charge < -0.3 is 31.4 Å². The standard InChI is InChI=1S/C27H28N8O3/c1-2-24(37)31-21-9-6-10-23(13-21)35-25-20(18-34(27(35)38)17-19-7-4-3-5-8-19)15-30-26(33-25)32-22(14-28)16-29-11-12-36/h2-10,13-16,28-29,36H,1,11-12,17-18H2,(H,31,37)(H,30,32,33)/b22-16+,28-14?. The number of benzene rings is 2. The summed E-state index contributed by atoms with van der Waals surface area (Å²) in [5, 5.41) is 25.2. The van der Waals surface area contributed by atoms with E-state index in [1.807, 2.05) is 30.3 Å². The second-order valence-corrected chi connectivity index (χ2v) is 8.29. The van der Waals surface area contributed by atoms with Gasteiger partial charge in [-0.3, -0.25) is 4.79 Å². The summed E-state index contributed by atoms with van der Waals surface area (Å²) >= 11 is 0. The predicted molar refractivity (Wildman–Crippen MR) is 146 cm³/mol. The van der Waals surface area contributed by atoms with Crippen molar-refractivity contribution in [3.05, 3.63) is 96.5 Å². The number of hydrogen-bond donors (Lipinski definition) is 5. The van der Waals surface area contributed by atoms with E-state index in [0.29, 0.717) is 42.5 Å². The zero-order valence-electron chi connectivity index (χ0n) is 20.6. The third-order valence-electron chi connectivity index (χ3n) is 5.58. The van der Waals surface area contributed by atoms with E-state index in [9.17, 15) is 9.59 Å². The van der Waals surface area contributed by atoms with Gasteiger partial charge in [0.1, 0.15) is 0 Å². The van der Waals surface area contributed by atoms with E-state index in [-0.39, 0.29) is 24.5 Å². The second-order valence-electron chi connectivity index (χ2n) is 8.29. The normalized spacial score (nSPS) is 13.0. The number of hydrogen-bond acceptors (Lipinski definition) is 8. The number of aromatic nitrogens is 2. The lowest BCUT2D eigenvalue weighted by atomic mass is 10.1. The zero-order chi connectivity index (χ0) is 26.9. The van der Waals surface area contributed by atoms with Crippen molar-refractivity contribution in [1.29, 1.82) is 5.41 Å². The minimum Gasteiger partial charge on any atom is -0.395 e. The van der Waals surface area contributed by atoms with Crippen LogP contribution in [0.25, 0.3) is 0 Å². The van der Waals surface area contributed by atoms with Gasteiger partial charge in [0.25, 0.3) is 0 Å². The molecule has 0 unspecified atom stereocenters. The number of carbonyl (C=O) groups excluding carboxylic acids is 2. The largest absolute Gasteiger partial charge is 0.395 e. The van der Waals surface area contributed by atoms with Gasteiger partial charge in [-0.15, -0.1) is 0 Å². The molecule has 1 aliphatic heterocycles. The van der Waals surface area contributed by atoms with Crippen molar-refractivity contribution in [2.45, 2.75) is 13.1 Å². The van der Waals surface area contributed by atoms with Crippen LogP contribution in [0.3, 0.4) is 0 Å². The number of aliphatic hydroxyl groups is 1. The summed E-state index contributed by atoms with van der Waals surface area (Å²) in [6, 6.07) is 16.3. The molecule has 2 heterocycles. The number of urea groups is 1. The molecular formula is C27H28N8O3. The van der Waals surface area contributed by atoms with Crippen molar-refractivity contribution in [2.24, 2.45) is 0 Å². The van der Waals surface area contributed by atoms with E-state index in [1.165, 1.54) is 17.2 Å². The summed E-state index contributed by atoms with van der Waals surface area (Å²) in [5.74, 6) is 0.208. The monoisotopic (exact) mass is 512 g/mol. The Hall–Kier alpha value is -5.03. The molecule has 5 N–H and O–H groups in total. The van der Waals surface area contributed by atoms with Gasteiger partial charge in [-0.1, -0.05) is 43.0 Å². The molecule has 4 rings (SSSR count). The fourth-order valence-electron chi connectivity index (χ4n) is 3.83. The third kappa shape index (κ3) is 6.20. The Kier molecular flexibility index (Phi) is 8.42. The molecule has 3 amide bonds. The highest BCUT2D eigenvalue weighted by atomic mass is 16.3. The van der Waals surface area contributed by atoms with Crippen molar-refractivity contribution >= 4 is 41.3 Å². The molecule has 38 heavy (non-hydrogen) atoms. The van der Waals surface area contributed by atoms with E-state index >= 15 is 0 Å². The van der Waals surface area contributed by atoms with Crippen LogP contribution in [-0.4, -0.2) is 51.3 Å². The van der Waals surface area contributed by atoms with Crippen molar-refractivity contribution < 1.29 is 14.7 Å². The highest BCUT2D eigenvalue weighted by Gasteiger charge is 2.33. The second kappa shape index (κ2) is 12.3. The summed E-state index contributed by atoms with van der Waals surface area (Å²) in [4.78, 5) is 37.9. The molecule has 0 fully saturated rings. The maximum Gasteiger partial charge on any atom is 0.330 e. The Labute approximate surface area is 220 Å². The highest BCUT2D eigenvalue weighted by Crippen LogP contribution is 2.35. The summed E-state index contributed by atoms with van der Waals surface area (Å²) in [5.41, 5.74) is 3.08. The highest BCUT2D eigenvalue weighted by molar-refractivity contribution is 6.03. The van der Waals surface area contributed by atoms with Gasteiger partial charge in [-0.2, -0.15) is 4.98 Å². The minimum absolute atomic E-state index is 0.0556. The first-order valence-electron chi connectivity index (χ1n) is 11.9. The number of rotatable bonds is 11. The third-order valence-corrected chi connectivity index (χ3v) is 5.58. The lowest BCUT2D eigenvalue weighted by Gasteiger charge is -2.36. The number of aliphatic hydroxyl groups excluding tert-OH is 1. The van der Waals surface area contributed by atoms with Gasteiger partial charge >= 0.3 is 6.03 Å². The van der Waals surface area contributed by atoms with E-state index in [2.05, 4.69) is 32.5 Å². The number of fused-ring (bicyclic) bond motifs is 1. The summed E-state index contributed by atoms with van der Waals surface area (Å²) in [6.45, 7) is 4.44. The Morgan fingerprint density at radius 3 is 2.71 bits per heavy atom. The molecular weight excluding hydrogens is 484 g/mol.